The van der Waals surface area contributed by atoms with E-state index >= 15 is 0 Å². The van der Waals surface area contributed by atoms with Crippen molar-refractivity contribution in [3.8, 4) is 5.75 Å². The minimum atomic E-state index is -3.44. The maximum Gasteiger partial charge on any atom is 0.252 e. The number of amides is 1. The minimum absolute atomic E-state index is 0.0166. The standard InChI is InChI=1S/C22H30N2O4S2/c1-22(2,3)18-7-4-5-8-19(18)28-15-12-23-21(25)17-10-13-24(14-11-17)30(26,27)20-9-6-16-29-20/h4-9,16-17H,10-15H2,1-3H3,(H,23,25). The molecule has 6 nitrogen and oxygen atoms in total. The maximum atomic E-state index is 12.6. The first-order valence-electron chi connectivity index (χ1n) is 10.2. The lowest BCUT2D eigenvalue weighted by atomic mass is 9.86. The summed E-state index contributed by atoms with van der Waals surface area (Å²) in [6, 6.07) is 11.3. The highest BCUT2D eigenvalue weighted by molar-refractivity contribution is 7.91. The van der Waals surface area contributed by atoms with Crippen LogP contribution in [-0.2, 0) is 20.2 Å². The van der Waals surface area contributed by atoms with Gasteiger partial charge < -0.3 is 10.1 Å². The second-order valence-electron chi connectivity index (χ2n) is 8.50. The molecule has 2 aromatic rings. The highest BCUT2D eigenvalue weighted by Gasteiger charge is 2.32. The third-order valence-electron chi connectivity index (χ3n) is 5.27. The van der Waals surface area contributed by atoms with Gasteiger partial charge in [0.25, 0.3) is 10.0 Å². The number of thiophene rings is 1. The number of sulfonamides is 1. The van der Waals surface area contributed by atoms with Gasteiger partial charge in [0.2, 0.25) is 5.91 Å². The smallest absolute Gasteiger partial charge is 0.252 e. The molecule has 1 N–H and O–H groups in total. The lowest BCUT2D eigenvalue weighted by Crippen LogP contribution is -2.43. The van der Waals surface area contributed by atoms with Crippen LogP contribution >= 0.6 is 11.3 Å². The van der Waals surface area contributed by atoms with E-state index in [2.05, 4.69) is 32.2 Å². The van der Waals surface area contributed by atoms with Gasteiger partial charge >= 0.3 is 0 Å². The maximum absolute atomic E-state index is 12.6. The summed E-state index contributed by atoms with van der Waals surface area (Å²) in [6.45, 7) is 7.98. The van der Waals surface area contributed by atoms with Gasteiger partial charge in [0.15, 0.2) is 0 Å². The minimum Gasteiger partial charge on any atom is -0.491 e. The second kappa shape index (κ2) is 9.49. The van der Waals surface area contributed by atoms with Crippen molar-refractivity contribution in [3.05, 3.63) is 47.3 Å². The molecule has 3 rings (SSSR count). The molecule has 1 aliphatic heterocycles. The fourth-order valence-electron chi connectivity index (χ4n) is 3.59. The third kappa shape index (κ3) is 5.42. The molecular weight excluding hydrogens is 420 g/mol. The van der Waals surface area contributed by atoms with Crippen molar-refractivity contribution in [2.75, 3.05) is 26.2 Å². The van der Waals surface area contributed by atoms with E-state index < -0.39 is 10.0 Å². The van der Waals surface area contributed by atoms with Gasteiger partial charge in [-0.25, -0.2) is 8.42 Å². The normalized spacial score (nSPS) is 16.4. The first-order valence-corrected chi connectivity index (χ1v) is 12.6. The predicted octanol–water partition coefficient (Wildman–Crippen LogP) is 3.64. The number of ether oxygens (including phenoxy) is 1. The van der Waals surface area contributed by atoms with E-state index in [1.54, 1.807) is 17.5 Å². The number of carbonyl (C=O) groups excluding carboxylic acids is 1. The Morgan fingerprint density at radius 1 is 1.17 bits per heavy atom. The number of benzene rings is 1. The molecule has 8 heteroatoms. The van der Waals surface area contributed by atoms with Gasteiger partial charge in [-0.2, -0.15) is 4.31 Å². The van der Waals surface area contributed by atoms with Gasteiger partial charge in [0.05, 0.1) is 6.54 Å². The van der Waals surface area contributed by atoms with Gasteiger partial charge in [-0.05, 0) is 41.3 Å². The van der Waals surface area contributed by atoms with Gasteiger partial charge in [0.1, 0.15) is 16.6 Å². The Morgan fingerprint density at radius 2 is 1.87 bits per heavy atom. The lowest BCUT2D eigenvalue weighted by molar-refractivity contribution is -0.126. The Balaban J connectivity index is 1.44. The number of nitrogens with one attached hydrogen (secondary N) is 1. The quantitative estimate of drug-likeness (QED) is 0.654. The molecular formula is C22H30N2O4S2. The monoisotopic (exact) mass is 450 g/mol. The van der Waals surface area contributed by atoms with Gasteiger partial charge in [-0.15, -0.1) is 11.3 Å². The second-order valence-corrected chi connectivity index (χ2v) is 11.6. The Morgan fingerprint density at radius 3 is 2.50 bits per heavy atom. The van der Waals surface area contributed by atoms with E-state index in [-0.39, 0.29) is 17.2 Å². The number of piperidine rings is 1. The molecule has 2 heterocycles. The van der Waals surface area contributed by atoms with Crippen molar-refractivity contribution in [1.82, 2.24) is 9.62 Å². The average molecular weight is 451 g/mol. The van der Waals surface area contributed by atoms with Crippen molar-refractivity contribution >= 4 is 27.3 Å². The molecule has 1 fully saturated rings. The van der Waals surface area contributed by atoms with Crippen LogP contribution in [-0.4, -0.2) is 44.9 Å². The summed E-state index contributed by atoms with van der Waals surface area (Å²) in [4.78, 5) is 12.5. The molecule has 0 unspecified atom stereocenters. The van der Waals surface area contributed by atoms with Crippen LogP contribution in [0.25, 0.3) is 0 Å². The van der Waals surface area contributed by atoms with Crippen LogP contribution < -0.4 is 10.1 Å². The van der Waals surface area contributed by atoms with E-state index in [1.807, 2.05) is 18.2 Å². The summed E-state index contributed by atoms with van der Waals surface area (Å²) in [5.74, 6) is 0.642. The van der Waals surface area contributed by atoms with Crippen molar-refractivity contribution in [1.29, 1.82) is 0 Å². The zero-order valence-electron chi connectivity index (χ0n) is 17.8. The molecule has 1 aliphatic rings. The Bertz CT molecular complexity index is 942. The fraction of sp³-hybridized carbons (Fsp3) is 0.500. The molecule has 0 atom stereocenters. The first-order chi connectivity index (χ1) is 14.2. The molecule has 1 saturated heterocycles. The van der Waals surface area contributed by atoms with Crippen LogP contribution in [0.2, 0.25) is 0 Å². The largest absolute Gasteiger partial charge is 0.491 e. The zero-order chi connectivity index (χ0) is 21.8. The summed E-state index contributed by atoms with van der Waals surface area (Å²) in [6.07, 6.45) is 1.06. The summed E-state index contributed by atoms with van der Waals surface area (Å²) >= 11 is 1.22. The van der Waals surface area contributed by atoms with Crippen LogP contribution in [0.15, 0.2) is 46.0 Å². The SMILES string of the molecule is CC(C)(C)c1ccccc1OCCNC(=O)C1CCN(S(=O)(=O)c2cccs2)CC1. The van der Waals surface area contributed by atoms with E-state index in [0.717, 1.165) is 11.3 Å². The number of nitrogens with zero attached hydrogens (tertiary/aromatic N) is 1. The molecule has 0 spiro atoms. The van der Waals surface area contributed by atoms with Crippen LogP contribution in [0.3, 0.4) is 0 Å². The number of rotatable bonds is 7. The van der Waals surface area contributed by atoms with Gasteiger partial charge in [-0.1, -0.05) is 45.0 Å². The Kier molecular flexibility index (Phi) is 7.21. The molecule has 1 amide bonds. The molecule has 0 aliphatic carbocycles. The molecule has 0 radical (unpaired) electrons. The van der Waals surface area contributed by atoms with Crippen LogP contribution in [0.1, 0.15) is 39.2 Å². The molecule has 30 heavy (non-hydrogen) atoms. The number of hydrogen-bond acceptors (Lipinski definition) is 5. The van der Waals surface area contributed by atoms with Crippen molar-refractivity contribution in [2.45, 2.75) is 43.2 Å². The molecule has 164 valence electrons. The van der Waals surface area contributed by atoms with Gasteiger partial charge in [0, 0.05) is 19.0 Å². The third-order valence-corrected chi connectivity index (χ3v) is 8.54. The van der Waals surface area contributed by atoms with Crippen LogP contribution in [0, 0.1) is 5.92 Å². The van der Waals surface area contributed by atoms with E-state index in [4.69, 9.17) is 4.74 Å². The zero-order valence-corrected chi connectivity index (χ0v) is 19.4. The Labute approximate surface area is 183 Å². The highest BCUT2D eigenvalue weighted by Crippen LogP contribution is 2.31. The number of hydrogen-bond donors (Lipinski definition) is 1. The average Bonchev–Trinajstić information content (AvgIpc) is 3.26. The Hall–Kier alpha value is -1.90. The molecule has 0 saturated carbocycles. The summed E-state index contributed by atoms with van der Waals surface area (Å²) in [5, 5.41) is 4.69. The summed E-state index contributed by atoms with van der Waals surface area (Å²) < 4.78 is 32.9. The van der Waals surface area contributed by atoms with Crippen molar-refractivity contribution in [3.63, 3.8) is 0 Å². The van der Waals surface area contributed by atoms with Crippen molar-refractivity contribution < 1.29 is 17.9 Å². The number of para-hydroxylation sites is 1. The molecule has 1 aromatic carbocycles. The first kappa shape index (κ1) is 22.8. The van der Waals surface area contributed by atoms with E-state index in [9.17, 15) is 13.2 Å². The molecule has 1 aromatic heterocycles. The lowest BCUT2D eigenvalue weighted by Gasteiger charge is -2.30. The van der Waals surface area contributed by atoms with Crippen LogP contribution in [0.5, 0.6) is 5.75 Å². The van der Waals surface area contributed by atoms with E-state index in [0.29, 0.717) is 43.3 Å². The summed E-state index contributed by atoms with van der Waals surface area (Å²) in [7, 11) is -3.44. The van der Waals surface area contributed by atoms with Gasteiger partial charge in [-0.3, -0.25) is 4.79 Å². The highest BCUT2D eigenvalue weighted by atomic mass is 32.2. The molecule has 0 bridgehead atoms. The number of carbonyl (C=O) groups is 1. The fourth-order valence-corrected chi connectivity index (χ4v) is 6.20. The van der Waals surface area contributed by atoms with E-state index in [1.165, 1.54) is 15.6 Å². The topological polar surface area (TPSA) is 75.7 Å². The summed E-state index contributed by atoms with van der Waals surface area (Å²) in [5.41, 5.74) is 1.12. The van der Waals surface area contributed by atoms with Crippen molar-refractivity contribution in [2.24, 2.45) is 5.92 Å². The van der Waals surface area contributed by atoms with Crippen LogP contribution in [0.4, 0.5) is 0 Å². The predicted molar refractivity (Wildman–Crippen MR) is 119 cm³/mol.